The molecule has 0 saturated carbocycles. The molecule has 0 unspecified atom stereocenters. The van der Waals surface area contributed by atoms with E-state index < -0.39 is 0 Å². The Morgan fingerprint density at radius 2 is 1.49 bits per heavy atom. The van der Waals surface area contributed by atoms with E-state index in [1.807, 2.05) is 29.2 Å². The molecule has 2 aliphatic heterocycles. The zero-order valence-electron chi connectivity index (χ0n) is 19.9. The third-order valence-corrected chi connectivity index (χ3v) is 6.20. The Morgan fingerprint density at radius 1 is 0.857 bits per heavy atom. The molecule has 182 valence electrons. The summed E-state index contributed by atoms with van der Waals surface area (Å²) < 4.78 is 22.2. The molecule has 1 fully saturated rings. The van der Waals surface area contributed by atoms with Crippen LogP contribution in [0.3, 0.4) is 0 Å². The van der Waals surface area contributed by atoms with Gasteiger partial charge in [-0.05, 0) is 48.5 Å². The quantitative estimate of drug-likeness (QED) is 0.536. The summed E-state index contributed by atoms with van der Waals surface area (Å²) in [5.74, 6) is 3.14. The molecule has 1 saturated heterocycles. The maximum absolute atomic E-state index is 13.2. The van der Waals surface area contributed by atoms with Gasteiger partial charge in [-0.15, -0.1) is 0 Å². The van der Waals surface area contributed by atoms with Crippen molar-refractivity contribution in [2.75, 3.05) is 52.0 Å². The van der Waals surface area contributed by atoms with Crippen molar-refractivity contribution in [3.63, 3.8) is 0 Å². The van der Waals surface area contributed by atoms with Gasteiger partial charge in [0.1, 0.15) is 17.2 Å². The number of hydrogen-bond acceptors (Lipinski definition) is 8. The van der Waals surface area contributed by atoms with Gasteiger partial charge in [-0.25, -0.2) is 4.98 Å². The van der Waals surface area contributed by atoms with Crippen LogP contribution in [0.2, 0.25) is 0 Å². The van der Waals surface area contributed by atoms with Crippen LogP contribution < -0.4 is 19.1 Å². The molecule has 3 aromatic rings. The van der Waals surface area contributed by atoms with E-state index in [0.717, 1.165) is 30.1 Å². The molecular weight excluding hydrogens is 448 g/mol. The number of ether oxygens (including phenoxy) is 4. The van der Waals surface area contributed by atoms with Crippen molar-refractivity contribution in [2.24, 2.45) is 0 Å². The molecule has 9 heteroatoms. The standard InChI is InChI=1S/C26H28N4O5/c1-32-19-5-3-18(4-6-19)25(31)30-12-11-23-22(17-30)24(35-21-9-7-20(33-2)8-10-21)28-26(27-23)29-13-15-34-16-14-29/h3-10H,11-17H2,1-2H3. The monoisotopic (exact) mass is 476 g/mol. The lowest BCUT2D eigenvalue weighted by Crippen LogP contribution is -2.39. The van der Waals surface area contributed by atoms with Gasteiger partial charge >= 0.3 is 0 Å². The normalized spacial score (nSPS) is 15.4. The molecule has 0 atom stereocenters. The summed E-state index contributed by atoms with van der Waals surface area (Å²) in [6.45, 7) is 3.67. The summed E-state index contributed by atoms with van der Waals surface area (Å²) in [5, 5.41) is 0. The average Bonchev–Trinajstić information content (AvgIpc) is 2.93. The van der Waals surface area contributed by atoms with Crippen LogP contribution in [0.5, 0.6) is 23.1 Å². The maximum atomic E-state index is 13.2. The number of benzene rings is 2. The molecule has 35 heavy (non-hydrogen) atoms. The highest BCUT2D eigenvalue weighted by Crippen LogP contribution is 2.33. The lowest BCUT2D eigenvalue weighted by molar-refractivity contribution is 0.0731. The number of morpholine rings is 1. The minimum atomic E-state index is -0.0500. The van der Waals surface area contributed by atoms with E-state index >= 15 is 0 Å². The molecular formula is C26H28N4O5. The third-order valence-electron chi connectivity index (χ3n) is 6.20. The first kappa shape index (κ1) is 22.9. The van der Waals surface area contributed by atoms with E-state index in [1.54, 1.807) is 38.5 Å². The highest BCUT2D eigenvalue weighted by molar-refractivity contribution is 5.94. The summed E-state index contributed by atoms with van der Waals surface area (Å²) in [5.41, 5.74) is 2.34. The van der Waals surface area contributed by atoms with Crippen molar-refractivity contribution in [1.82, 2.24) is 14.9 Å². The highest BCUT2D eigenvalue weighted by atomic mass is 16.5. The van der Waals surface area contributed by atoms with Gasteiger partial charge in [0.2, 0.25) is 11.8 Å². The Kier molecular flexibility index (Phi) is 6.67. The molecule has 0 N–H and O–H groups in total. The Labute approximate surface area is 204 Å². The van der Waals surface area contributed by atoms with E-state index in [0.29, 0.717) is 61.6 Å². The lowest BCUT2D eigenvalue weighted by atomic mass is 10.0. The summed E-state index contributed by atoms with van der Waals surface area (Å²) in [6.07, 6.45) is 0.621. The van der Waals surface area contributed by atoms with Gasteiger partial charge < -0.3 is 28.7 Å². The molecule has 9 nitrogen and oxygen atoms in total. The fraction of sp³-hybridized carbons (Fsp3) is 0.346. The van der Waals surface area contributed by atoms with Crippen LogP contribution >= 0.6 is 0 Å². The zero-order valence-corrected chi connectivity index (χ0v) is 19.9. The Morgan fingerprint density at radius 3 is 2.14 bits per heavy atom. The molecule has 3 heterocycles. The first-order valence-electron chi connectivity index (χ1n) is 11.6. The van der Waals surface area contributed by atoms with Gasteiger partial charge in [0.25, 0.3) is 5.91 Å². The Bertz CT molecular complexity index is 1180. The van der Waals surface area contributed by atoms with E-state index in [9.17, 15) is 4.79 Å². The minimum absolute atomic E-state index is 0.0500. The third kappa shape index (κ3) is 5.00. The van der Waals surface area contributed by atoms with Crippen LogP contribution in [0.25, 0.3) is 0 Å². The van der Waals surface area contributed by atoms with Crippen LogP contribution in [0.4, 0.5) is 5.95 Å². The van der Waals surface area contributed by atoms with Crippen LogP contribution in [0, 0.1) is 0 Å². The lowest BCUT2D eigenvalue weighted by Gasteiger charge is -2.32. The van der Waals surface area contributed by atoms with Gasteiger partial charge in [0, 0.05) is 31.6 Å². The predicted octanol–water partition coefficient (Wildman–Crippen LogP) is 3.32. The van der Waals surface area contributed by atoms with Crippen LogP contribution in [-0.4, -0.2) is 67.8 Å². The molecule has 2 aromatic carbocycles. The molecule has 1 amide bonds. The predicted molar refractivity (Wildman–Crippen MR) is 130 cm³/mol. The smallest absolute Gasteiger partial charge is 0.254 e. The summed E-state index contributed by atoms with van der Waals surface area (Å²) >= 11 is 0. The van der Waals surface area contributed by atoms with Gasteiger partial charge in [0.15, 0.2) is 0 Å². The van der Waals surface area contributed by atoms with Gasteiger partial charge in [-0.3, -0.25) is 4.79 Å². The highest BCUT2D eigenvalue weighted by Gasteiger charge is 2.28. The number of rotatable bonds is 6. The molecule has 5 rings (SSSR count). The molecule has 0 bridgehead atoms. The largest absolute Gasteiger partial charge is 0.497 e. The summed E-state index contributed by atoms with van der Waals surface area (Å²) in [7, 11) is 3.23. The number of nitrogens with zero attached hydrogens (tertiary/aromatic N) is 4. The van der Waals surface area contributed by atoms with E-state index in [4.69, 9.17) is 28.9 Å². The number of amides is 1. The van der Waals surface area contributed by atoms with E-state index in [1.165, 1.54) is 0 Å². The number of carbonyl (C=O) groups excluding carboxylic acids is 1. The summed E-state index contributed by atoms with van der Waals surface area (Å²) in [4.78, 5) is 26.8. The van der Waals surface area contributed by atoms with Crippen molar-refractivity contribution < 1.29 is 23.7 Å². The summed E-state index contributed by atoms with van der Waals surface area (Å²) in [6, 6.07) is 14.5. The van der Waals surface area contributed by atoms with Gasteiger partial charge in [0.05, 0.1) is 45.2 Å². The van der Waals surface area contributed by atoms with Crippen molar-refractivity contribution in [3.8, 4) is 23.1 Å². The van der Waals surface area contributed by atoms with Crippen molar-refractivity contribution in [3.05, 3.63) is 65.4 Å². The number of anilines is 1. The zero-order chi connectivity index (χ0) is 24.2. The average molecular weight is 477 g/mol. The number of carbonyl (C=O) groups is 1. The van der Waals surface area contributed by atoms with Crippen molar-refractivity contribution >= 4 is 11.9 Å². The fourth-order valence-electron chi connectivity index (χ4n) is 4.21. The fourth-order valence-corrected chi connectivity index (χ4v) is 4.21. The van der Waals surface area contributed by atoms with Gasteiger partial charge in [-0.2, -0.15) is 4.98 Å². The second-order valence-electron chi connectivity index (χ2n) is 8.34. The Balaban J connectivity index is 1.45. The second-order valence-corrected chi connectivity index (χ2v) is 8.34. The molecule has 0 radical (unpaired) electrons. The maximum Gasteiger partial charge on any atom is 0.254 e. The van der Waals surface area contributed by atoms with Crippen LogP contribution in [0.15, 0.2) is 48.5 Å². The molecule has 2 aliphatic rings. The number of hydrogen-bond donors (Lipinski definition) is 0. The van der Waals surface area contributed by atoms with E-state index in [2.05, 4.69) is 4.90 Å². The molecule has 0 aliphatic carbocycles. The number of methoxy groups -OCH3 is 2. The molecule has 1 aromatic heterocycles. The Hall–Kier alpha value is -3.85. The first-order valence-corrected chi connectivity index (χ1v) is 11.6. The second kappa shape index (κ2) is 10.2. The van der Waals surface area contributed by atoms with E-state index in [-0.39, 0.29) is 5.91 Å². The van der Waals surface area contributed by atoms with Crippen molar-refractivity contribution in [1.29, 1.82) is 0 Å². The van der Waals surface area contributed by atoms with Crippen LogP contribution in [0.1, 0.15) is 21.6 Å². The minimum Gasteiger partial charge on any atom is -0.497 e. The number of aromatic nitrogens is 2. The van der Waals surface area contributed by atoms with Crippen molar-refractivity contribution in [2.45, 2.75) is 13.0 Å². The topological polar surface area (TPSA) is 86.3 Å². The first-order chi connectivity index (χ1) is 17.1. The number of fused-ring (bicyclic) bond motifs is 1. The van der Waals surface area contributed by atoms with Gasteiger partial charge in [-0.1, -0.05) is 0 Å². The van der Waals surface area contributed by atoms with Crippen LogP contribution in [-0.2, 0) is 17.7 Å². The molecule has 0 spiro atoms. The SMILES string of the molecule is COc1ccc(Oc2nc(N3CCOCC3)nc3c2CN(C(=O)c2ccc(OC)cc2)CC3)cc1.